The van der Waals surface area contributed by atoms with E-state index in [0.717, 1.165) is 16.8 Å². The van der Waals surface area contributed by atoms with Crippen molar-refractivity contribution in [1.29, 1.82) is 0 Å². The van der Waals surface area contributed by atoms with Crippen molar-refractivity contribution in [1.82, 2.24) is 4.98 Å². The number of rotatable bonds is 4. The first-order valence-electron chi connectivity index (χ1n) is 6.84. The lowest BCUT2D eigenvalue weighted by atomic mass is 10.1. The molecule has 0 atom stereocenters. The minimum absolute atomic E-state index is 0.305. The van der Waals surface area contributed by atoms with Crippen molar-refractivity contribution in [2.24, 2.45) is 0 Å². The molecule has 0 fully saturated rings. The first-order valence-corrected chi connectivity index (χ1v) is 7.62. The normalized spacial score (nSPS) is 10.6. The van der Waals surface area contributed by atoms with Crippen LogP contribution in [-0.2, 0) is 0 Å². The number of aromatic nitrogens is 1. The van der Waals surface area contributed by atoms with Gasteiger partial charge in [0.1, 0.15) is 0 Å². The van der Waals surface area contributed by atoms with Crippen LogP contribution in [0.2, 0.25) is 5.02 Å². The van der Waals surface area contributed by atoms with Crippen molar-refractivity contribution in [3.05, 3.63) is 52.3 Å². The van der Waals surface area contributed by atoms with Gasteiger partial charge in [0.05, 0.1) is 19.9 Å². The van der Waals surface area contributed by atoms with E-state index in [0.29, 0.717) is 27.1 Å². The lowest BCUT2D eigenvalue weighted by molar-refractivity contribution is 0.355. The fraction of sp³-hybridized carbons (Fsp3) is 0.118. The van der Waals surface area contributed by atoms with Gasteiger partial charge >= 0.3 is 0 Å². The monoisotopic (exact) mass is 347 g/mol. The molecule has 3 aromatic rings. The van der Waals surface area contributed by atoms with Crippen molar-refractivity contribution in [3.63, 3.8) is 0 Å². The van der Waals surface area contributed by atoms with Crippen LogP contribution < -0.4 is 9.47 Å². The molecule has 0 aliphatic rings. The second kappa shape index (κ2) is 6.48. The summed E-state index contributed by atoms with van der Waals surface area (Å²) in [6.07, 6.45) is 0. The zero-order valence-electron chi connectivity index (χ0n) is 12.6. The number of ether oxygens (including phenoxy) is 2. The highest BCUT2D eigenvalue weighted by Crippen LogP contribution is 2.37. The van der Waals surface area contributed by atoms with Gasteiger partial charge in [-0.15, -0.1) is 0 Å². The smallest absolute Gasteiger partial charge is 0.266 e. The molecule has 0 bridgehead atoms. The topological polar surface area (TPSA) is 47.4 Å². The Morgan fingerprint density at radius 3 is 2.26 bits per heavy atom. The molecule has 0 spiro atoms. The van der Waals surface area contributed by atoms with Gasteiger partial charge in [-0.2, -0.15) is 0 Å². The number of hydrogen-bond acceptors (Lipinski definition) is 4. The highest BCUT2D eigenvalue weighted by molar-refractivity contribution is 7.71. The van der Waals surface area contributed by atoms with Crippen LogP contribution in [0.25, 0.3) is 22.6 Å². The fourth-order valence-electron chi connectivity index (χ4n) is 2.33. The number of aromatic amines is 1. The van der Waals surface area contributed by atoms with E-state index in [4.69, 9.17) is 37.7 Å². The van der Waals surface area contributed by atoms with Gasteiger partial charge in [0.2, 0.25) is 0 Å². The van der Waals surface area contributed by atoms with Crippen LogP contribution in [0.5, 0.6) is 11.5 Å². The molecule has 23 heavy (non-hydrogen) atoms. The lowest BCUT2D eigenvalue weighted by Gasteiger charge is -2.09. The summed E-state index contributed by atoms with van der Waals surface area (Å²) in [6, 6.07) is 13.0. The van der Waals surface area contributed by atoms with E-state index in [-0.39, 0.29) is 0 Å². The summed E-state index contributed by atoms with van der Waals surface area (Å²) in [7, 11) is 3.19. The Morgan fingerprint density at radius 1 is 0.957 bits per heavy atom. The quantitative estimate of drug-likeness (QED) is 0.647. The molecule has 2 aromatic carbocycles. The van der Waals surface area contributed by atoms with Crippen molar-refractivity contribution < 1.29 is 13.9 Å². The van der Waals surface area contributed by atoms with Crippen LogP contribution in [-0.4, -0.2) is 19.2 Å². The third-order valence-electron chi connectivity index (χ3n) is 3.43. The van der Waals surface area contributed by atoms with Crippen molar-refractivity contribution in [2.75, 3.05) is 14.2 Å². The second-order valence-electron chi connectivity index (χ2n) is 4.80. The molecule has 0 saturated heterocycles. The predicted molar refractivity (Wildman–Crippen MR) is 92.9 cm³/mol. The molecule has 118 valence electrons. The number of oxazole rings is 1. The summed E-state index contributed by atoms with van der Waals surface area (Å²) in [6.45, 7) is 0. The van der Waals surface area contributed by atoms with Crippen LogP contribution in [0.1, 0.15) is 0 Å². The molecule has 0 saturated carbocycles. The first kappa shape index (κ1) is 15.6. The Labute approximate surface area is 143 Å². The largest absolute Gasteiger partial charge is 0.493 e. The van der Waals surface area contributed by atoms with Crippen LogP contribution in [0, 0.1) is 4.84 Å². The summed E-state index contributed by atoms with van der Waals surface area (Å²) >= 11 is 11.1. The number of halogens is 1. The average molecular weight is 348 g/mol. The van der Waals surface area contributed by atoms with Crippen molar-refractivity contribution in [3.8, 4) is 34.1 Å². The fourth-order valence-corrected chi connectivity index (χ4v) is 2.64. The van der Waals surface area contributed by atoms with Gasteiger partial charge in [-0.1, -0.05) is 23.7 Å². The van der Waals surface area contributed by atoms with E-state index >= 15 is 0 Å². The maximum Gasteiger partial charge on any atom is 0.266 e. The SMILES string of the molecule is COc1ccc(-c2oc(=S)[nH]c2-c2ccc(Cl)cc2)cc1OC. The molecular formula is C17H14ClNO3S. The molecule has 4 nitrogen and oxygen atoms in total. The zero-order chi connectivity index (χ0) is 16.4. The lowest BCUT2D eigenvalue weighted by Crippen LogP contribution is -1.91. The molecular weight excluding hydrogens is 334 g/mol. The third kappa shape index (κ3) is 3.11. The Kier molecular flexibility index (Phi) is 4.41. The Morgan fingerprint density at radius 2 is 1.61 bits per heavy atom. The van der Waals surface area contributed by atoms with Crippen LogP contribution >= 0.6 is 23.8 Å². The van der Waals surface area contributed by atoms with Crippen LogP contribution in [0.15, 0.2) is 46.9 Å². The van der Waals surface area contributed by atoms with E-state index in [1.54, 1.807) is 14.2 Å². The van der Waals surface area contributed by atoms with E-state index in [2.05, 4.69) is 4.98 Å². The molecule has 0 aliphatic carbocycles. The highest BCUT2D eigenvalue weighted by atomic mass is 35.5. The van der Waals surface area contributed by atoms with E-state index in [9.17, 15) is 0 Å². The number of benzene rings is 2. The summed E-state index contributed by atoms with van der Waals surface area (Å²) < 4.78 is 16.3. The minimum atomic E-state index is 0.305. The molecule has 3 rings (SSSR count). The second-order valence-corrected chi connectivity index (χ2v) is 5.60. The van der Waals surface area contributed by atoms with Crippen LogP contribution in [0.3, 0.4) is 0 Å². The maximum atomic E-state index is 5.95. The minimum Gasteiger partial charge on any atom is -0.493 e. The molecule has 0 aliphatic heterocycles. The third-order valence-corrected chi connectivity index (χ3v) is 3.86. The number of nitrogens with one attached hydrogen (secondary N) is 1. The van der Waals surface area contributed by atoms with Gasteiger partial charge in [-0.25, -0.2) is 0 Å². The number of methoxy groups -OCH3 is 2. The molecule has 6 heteroatoms. The van der Waals surface area contributed by atoms with Gasteiger partial charge in [-0.3, -0.25) is 0 Å². The zero-order valence-corrected chi connectivity index (χ0v) is 14.1. The summed E-state index contributed by atoms with van der Waals surface area (Å²) in [4.78, 5) is 3.38. The average Bonchev–Trinajstić information content (AvgIpc) is 2.96. The standard InChI is InChI=1S/C17H14ClNO3S/c1-20-13-8-5-11(9-14(13)21-2)16-15(19-17(23)22-16)10-3-6-12(18)7-4-10/h3-9H,1-2H3,(H,19,23). The van der Waals surface area contributed by atoms with E-state index in [1.165, 1.54) is 0 Å². The molecule has 0 unspecified atom stereocenters. The predicted octanol–water partition coefficient (Wildman–Crippen LogP) is 5.34. The summed E-state index contributed by atoms with van der Waals surface area (Å²) in [5, 5.41) is 0.670. The molecule has 1 aromatic heterocycles. The molecule has 0 amide bonds. The summed E-state index contributed by atoms with van der Waals surface area (Å²) in [5.41, 5.74) is 2.55. The van der Waals surface area contributed by atoms with Gasteiger partial charge in [0.25, 0.3) is 4.84 Å². The molecule has 1 N–H and O–H groups in total. The Hall–Kier alpha value is -2.24. The van der Waals surface area contributed by atoms with Crippen molar-refractivity contribution in [2.45, 2.75) is 0 Å². The Bertz CT molecular complexity index is 884. The summed E-state index contributed by atoms with van der Waals surface area (Å²) in [5.74, 6) is 1.91. The Balaban J connectivity index is 2.14. The number of hydrogen-bond donors (Lipinski definition) is 1. The first-order chi connectivity index (χ1) is 11.1. The van der Waals surface area contributed by atoms with E-state index in [1.807, 2.05) is 42.5 Å². The highest BCUT2D eigenvalue weighted by Gasteiger charge is 2.15. The van der Waals surface area contributed by atoms with Crippen LogP contribution in [0.4, 0.5) is 0 Å². The van der Waals surface area contributed by atoms with Gasteiger partial charge in [0.15, 0.2) is 17.3 Å². The van der Waals surface area contributed by atoms with Gasteiger partial charge in [-0.05, 0) is 42.5 Å². The van der Waals surface area contributed by atoms with Crippen molar-refractivity contribution >= 4 is 23.8 Å². The van der Waals surface area contributed by atoms with E-state index < -0.39 is 0 Å². The molecule has 1 heterocycles. The maximum absolute atomic E-state index is 5.95. The van der Waals surface area contributed by atoms with Gasteiger partial charge in [0, 0.05) is 16.1 Å². The van der Waals surface area contributed by atoms with Gasteiger partial charge < -0.3 is 18.9 Å². The molecule has 0 radical (unpaired) electrons. The number of H-pyrrole nitrogens is 1.